The molecule has 0 N–H and O–H groups in total. The van der Waals surface area contributed by atoms with Crippen LogP contribution in [0.4, 0.5) is 4.39 Å². The number of halogens is 1. The SMILES string of the molecule is CC1(c2ccc(F)c3ccccc23)CC1.CCc1ccccc1C(C)=O. The van der Waals surface area contributed by atoms with Gasteiger partial charge < -0.3 is 0 Å². The zero-order valence-corrected chi connectivity index (χ0v) is 15.7. The molecule has 0 atom stereocenters. The molecule has 1 nitrogen and oxygen atoms in total. The van der Waals surface area contributed by atoms with Crippen molar-refractivity contribution in [2.24, 2.45) is 0 Å². The predicted molar refractivity (Wildman–Crippen MR) is 106 cm³/mol. The van der Waals surface area contributed by atoms with Crippen molar-refractivity contribution >= 4 is 16.6 Å². The molecular formula is C24H25FO. The first-order valence-corrected chi connectivity index (χ1v) is 9.23. The van der Waals surface area contributed by atoms with Gasteiger partial charge in [0.25, 0.3) is 0 Å². The van der Waals surface area contributed by atoms with Crippen LogP contribution in [0, 0.1) is 5.82 Å². The van der Waals surface area contributed by atoms with E-state index in [9.17, 15) is 9.18 Å². The van der Waals surface area contributed by atoms with Crippen LogP contribution in [-0.2, 0) is 11.8 Å². The Hall–Kier alpha value is -2.48. The minimum Gasteiger partial charge on any atom is -0.295 e. The van der Waals surface area contributed by atoms with Crippen LogP contribution in [0.5, 0.6) is 0 Å². The van der Waals surface area contributed by atoms with Gasteiger partial charge >= 0.3 is 0 Å². The molecule has 1 saturated carbocycles. The maximum absolute atomic E-state index is 13.6. The lowest BCUT2D eigenvalue weighted by atomic mass is 9.92. The molecule has 1 aliphatic carbocycles. The van der Waals surface area contributed by atoms with Gasteiger partial charge in [-0.25, -0.2) is 4.39 Å². The van der Waals surface area contributed by atoms with Gasteiger partial charge in [-0.15, -0.1) is 0 Å². The van der Waals surface area contributed by atoms with E-state index in [0.717, 1.165) is 28.3 Å². The van der Waals surface area contributed by atoms with Gasteiger partial charge in [-0.1, -0.05) is 68.4 Å². The Kier molecular flexibility index (Phi) is 5.22. The number of rotatable bonds is 3. The molecule has 0 saturated heterocycles. The number of Topliss-reactive ketones (excluding diaryl/α,β-unsaturated/α-hetero) is 1. The molecular weight excluding hydrogens is 323 g/mol. The van der Waals surface area contributed by atoms with Crippen molar-refractivity contribution in [2.45, 2.75) is 45.4 Å². The minimum absolute atomic E-state index is 0.112. The Morgan fingerprint density at radius 1 is 0.962 bits per heavy atom. The molecule has 0 bridgehead atoms. The largest absolute Gasteiger partial charge is 0.295 e. The van der Waals surface area contributed by atoms with E-state index in [1.165, 1.54) is 18.4 Å². The van der Waals surface area contributed by atoms with Crippen LogP contribution in [0.15, 0.2) is 60.7 Å². The molecule has 1 aliphatic rings. The van der Waals surface area contributed by atoms with Gasteiger partial charge in [0.2, 0.25) is 0 Å². The second-order valence-electron chi connectivity index (χ2n) is 7.27. The Balaban J connectivity index is 0.000000160. The summed E-state index contributed by atoms with van der Waals surface area (Å²) in [6.07, 6.45) is 3.38. The van der Waals surface area contributed by atoms with Crippen molar-refractivity contribution in [2.75, 3.05) is 0 Å². The summed E-state index contributed by atoms with van der Waals surface area (Å²) in [7, 11) is 0. The molecule has 3 aromatic rings. The fourth-order valence-electron chi connectivity index (χ4n) is 3.42. The molecule has 134 valence electrons. The Labute approximate surface area is 154 Å². The van der Waals surface area contributed by atoms with Crippen LogP contribution >= 0.6 is 0 Å². The zero-order chi connectivity index (χ0) is 18.7. The van der Waals surface area contributed by atoms with Crippen LogP contribution in [0.25, 0.3) is 10.8 Å². The number of ketones is 1. The van der Waals surface area contributed by atoms with Crippen LogP contribution in [0.3, 0.4) is 0 Å². The topological polar surface area (TPSA) is 17.1 Å². The second-order valence-corrected chi connectivity index (χ2v) is 7.27. The van der Waals surface area contributed by atoms with Gasteiger partial charge in [0.05, 0.1) is 0 Å². The van der Waals surface area contributed by atoms with Crippen molar-refractivity contribution in [1.82, 2.24) is 0 Å². The minimum atomic E-state index is -0.112. The highest BCUT2D eigenvalue weighted by Gasteiger charge is 2.40. The molecule has 0 amide bonds. The van der Waals surface area contributed by atoms with Crippen LogP contribution in [0.1, 0.15) is 55.1 Å². The zero-order valence-electron chi connectivity index (χ0n) is 15.7. The number of hydrogen-bond donors (Lipinski definition) is 0. The number of hydrogen-bond acceptors (Lipinski definition) is 1. The van der Waals surface area contributed by atoms with E-state index in [1.807, 2.05) is 54.6 Å². The summed E-state index contributed by atoms with van der Waals surface area (Å²) in [5, 5.41) is 1.83. The first-order valence-electron chi connectivity index (χ1n) is 9.23. The Bertz CT molecular complexity index is 938. The molecule has 0 aliphatic heterocycles. The fraction of sp³-hybridized carbons (Fsp3) is 0.292. The number of benzene rings is 3. The van der Waals surface area contributed by atoms with Gasteiger partial charge in [-0.3, -0.25) is 4.79 Å². The Morgan fingerprint density at radius 2 is 1.58 bits per heavy atom. The summed E-state index contributed by atoms with van der Waals surface area (Å²) >= 11 is 0. The van der Waals surface area contributed by atoms with Gasteiger partial charge in [0.15, 0.2) is 5.78 Å². The average molecular weight is 348 g/mol. The van der Waals surface area contributed by atoms with Crippen molar-refractivity contribution in [3.05, 3.63) is 83.2 Å². The Morgan fingerprint density at radius 3 is 2.15 bits per heavy atom. The second kappa shape index (κ2) is 7.41. The summed E-state index contributed by atoms with van der Waals surface area (Å²) in [5.41, 5.74) is 3.60. The molecule has 0 heterocycles. The summed E-state index contributed by atoms with van der Waals surface area (Å²) in [4.78, 5) is 11.0. The number of carbonyl (C=O) groups excluding carboxylic acids is 1. The highest BCUT2D eigenvalue weighted by atomic mass is 19.1. The molecule has 2 heteroatoms. The summed E-state index contributed by atoms with van der Waals surface area (Å²) in [6.45, 7) is 5.92. The van der Waals surface area contributed by atoms with Crippen LogP contribution in [-0.4, -0.2) is 5.78 Å². The predicted octanol–water partition coefficient (Wildman–Crippen LogP) is 6.48. The van der Waals surface area contributed by atoms with Crippen molar-refractivity contribution in [3.63, 3.8) is 0 Å². The maximum atomic E-state index is 13.6. The molecule has 0 aromatic heterocycles. The number of carbonyl (C=O) groups is 1. The molecule has 1 fully saturated rings. The van der Waals surface area contributed by atoms with Crippen molar-refractivity contribution < 1.29 is 9.18 Å². The first kappa shape index (κ1) is 18.3. The summed E-state index contributed by atoms with van der Waals surface area (Å²) in [6, 6.07) is 19.0. The lowest BCUT2D eigenvalue weighted by Gasteiger charge is -2.12. The van der Waals surface area contributed by atoms with Gasteiger partial charge in [-0.05, 0) is 54.2 Å². The van der Waals surface area contributed by atoms with Gasteiger partial charge in [-0.2, -0.15) is 0 Å². The summed E-state index contributed by atoms with van der Waals surface area (Å²) in [5.74, 6) is 0.0426. The average Bonchev–Trinajstić information content (AvgIpc) is 3.41. The lowest BCUT2D eigenvalue weighted by molar-refractivity contribution is 0.101. The quantitative estimate of drug-likeness (QED) is 0.495. The van der Waals surface area contributed by atoms with Crippen LogP contribution in [0.2, 0.25) is 0 Å². The van der Waals surface area contributed by atoms with Crippen molar-refractivity contribution in [1.29, 1.82) is 0 Å². The summed E-state index contributed by atoms with van der Waals surface area (Å²) < 4.78 is 13.6. The van der Waals surface area contributed by atoms with E-state index < -0.39 is 0 Å². The number of fused-ring (bicyclic) bond motifs is 1. The third-order valence-corrected chi connectivity index (χ3v) is 5.30. The highest BCUT2D eigenvalue weighted by molar-refractivity contribution is 5.95. The fourth-order valence-corrected chi connectivity index (χ4v) is 3.42. The van der Waals surface area contributed by atoms with Crippen LogP contribution < -0.4 is 0 Å². The smallest absolute Gasteiger partial charge is 0.160 e. The van der Waals surface area contributed by atoms with E-state index in [4.69, 9.17) is 0 Å². The van der Waals surface area contributed by atoms with Gasteiger partial charge in [0.1, 0.15) is 5.82 Å². The molecule has 26 heavy (non-hydrogen) atoms. The molecule has 3 aromatic carbocycles. The standard InChI is InChI=1S/C14H13F.C10H12O/c1-14(8-9-14)12-6-7-13(15)11-5-3-2-4-10(11)12;1-3-9-6-4-5-7-10(9)8(2)11/h2-7H,8-9H2,1H3;4-7H,3H2,1-2H3. The van der Waals surface area contributed by atoms with E-state index in [1.54, 1.807) is 13.0 Å². The molecule has 0 radical (unpaired) electrons. The molecule has 0 unspecified atom stereocenters. The normalized spacial score (nSPS) is 14.5. The lowest BCUT2D eigenvalue weighted by Crippen LogP contribution is -2.01. The van der Waals surface area contributed by atoms with E-state index >= 15 is 0 Å². The number of aryl methyl sites for hydroxylation is 1. The third-order valence-electron chi connectivity index (χ3n) is 5.30. The molecule has 0 spiro atoms. The first-order chi connectivity index (χ1) is 12.5. The highest BCUT2D eigenvalue weighted by Crippen LogP contribution is 2.49. The molecule has 4 rings (SSSR count). The monoisotopic (exact) mass is 348 g/mol. The van der Waals surface area contributed by atoms with Crippen molar-refractivity contribution in [3.8, 4) is 0 Å². The third kappa shape index (κ3) is 3.70. The maximum Gasteiger partial charge on any atom is 0.160 e. The van der Waals surface area contributed by atoms with E-state index in [2.05, 4.69) is 13.8 Å². The van der Waals surface area contributed by atoms with E-state index in [0.29, 0.717) is 5.41 Å². The van der Waals surface area contributed by atoms with E-state index in [-0.39, 0.29) is 11.6 Å². The van der Waals surface area contributed by atoms with Gasteiger partial charge in [0, 0.05) is 10.9 Å².